The molecule has 0 saturated heterocycles. The fourth-order valence-electron chi connectivity index (χ4n) is 0.142. The highest BCUT2D eigenvalue weighted by molar-refractivity contribution is 5.58. The summed E-state index contributed by atoms with van der Waals surface area (Å²) in [5, 5.41) is 7.71. The molecule has 0 aromatic heterocycles. The van der Waals surface area contributed by atoms with Crippen LogP contribution in [0.15, 0.2) is 12.1 Å². The van der Waals surface area contributed by atoms with E-state index < -0.39 is 12.2 Å². The van der Waals surface area contributed by atoms with Crippen molar-refractivity contribution in [2.24, 2.45) is 0 Å². The fraction of sp³-hybridized carbons (Fsp3) is 0.250. The van der Waals surface area contributed by atoms with Crippen molar-refractivity contribution in [3.05, 3.63) is 12.1 Å². The van der Waals surface area contributed by atoms with Crippen molar-refractivity contribution in [3.63, 3.8) is 0 Å². The molecular formula is C4H5FO3. The molecule has 0 amide bonds. The first-order valence-corrected chi connectivity index (χ1v) is 1.89. The largest absolute Gasteiger partial charge is 0.513 e. The van der Waals surface area contributed by atoms with Gasteiger partial charge in [0.25, 0.3) is 6.01 Å². The molecule has 0 aliphatic heterocycles. The van der Waals surface area contributed by atoms with Crippen molar-refractivity contribution < 1.29 is 19.0 Å². The van der Waals surface area contributed by atoms with Gasteiger partial charge in [-0.15, -0.1) is 0 Å². The first-order chi connectivity index (χ1) is 3.66. The molecule has 0 spiro atoms. The number of ether oxygens (including phenoxy) is 1. The van der Waals surface area contributed by atoms with E-state index in [1.807, 2.05) is 0 Å². The third-order valence-corrected chi connectivity index (χ3v) is 0.412. The Balaban J connectivity index is 3.56. The van der Waals surface area contributed by atoms with Gasteiger partial charge in [0, 0.05) is 0 Å². The third kappa shape index (κ3) is 3.14. The summed E-state index contributed by atoms with van der Waals surface area (Å²) in [5.41, 5.74) is 0. The van der Waals surface area contributed by atoms with Crippen LogP contribution in [0.4, 0.5) is 9.18 Å². The Morgan fingerprint density at radius 2 is 2.38 bits per heavy atom. The predicted molar refractivity (Wildman–Crippen MR) is 24.0 cm³/mol. The minimum absolute atomic E-state index is 0.911. The van der Waals surface area contributed by atoms with Crippen LogP contribution in [0.25, 0.3) is 0 Å². The van der Waals surface area contributed by atoms with Gasteiger partial charge in [0.1, 0.15) is 0 Å². The molecule has 0 radical (unpaired) electrons. The van der Waals surface area contributed by atoms with Gasteiger partial charge in [0.05, 0.1) is 0 Å². The van der Waals surface area contributed by atoms with E-state index in [0.717, 1.165) is 6.08 Å². The average Bonchev–Trinajstić information content (AvgIpc) is 1.65. The topological polar surface area (TPSA) is 46.5 Å². The smallest absolute Gasteiger partial charge is 0.449 e. The zero-order valence-corrected chi connectivity index (χ0v) is 4.22. The first kappa shape index (κ1) is 6.94. The van der Waals surface area contributed by atoms with E-state index in [1.165, 1.54) is 6.92 Å². The lowest BCUT2D eigenvalue weighted by molar-refractivity contribution is 0.0980. The van der Waals surface area contributed by atoms with Crippen LogP contribution in [-0.4, -0.2) is 11.3 Å². The van der Waals surface area contributed by atoms with Gasteiger partial charge < -0.3 is 9.84 Å². The number of carboxylic acid groups (broad SMARTS) is 1. The Labute approximate surface area is 45.4 Å². The van der Waals surface area contributed by atoms with E-state index in [1.54, 1.807) is 0 Å². The summed E-state index contributed by atoms with van der Waals surface area (Å²) in [6.07, 6.45) is -0.727. The molecule has 46 valence electrons. The number of hydrogen-bond donors (Lipinski definition) is 1. The minimum atomic E-state index is -1.64. The van der Waals surface area contributed by atoms with Crippen LogP contribution < -0.4 is 0 Å². The molecule has 0 aliphatic rings. The molecule has 0 fully saturated rings. The van der Waals surface area contributed by atoms with Crippen LogP contribution in [0.1, 0.15) is 6.92 Å². The van der Waals surface area contributed by atoms with Crippen molar-refractivity contribution in [2.75, 3.05) is 0 Å². The van der Waals surface area contributed by atoms with Crippen molar-refractivity contribution in [1.29, 1.82) is 0 Å². The Morgan fingerprint density at radius 3 is 2.50 bits per heavy atom. The van der Waals surface area contributed by atoms with Crippen LogP contribution >= 0.6 is 0 Å². The molecule has 8 heavy (non-hydrogen) atoms. The molecule has 0 aromatic carbocycles. The van der Waals surface area contributed by atoms with E-state index in [9.17, 15) is 9.18 Å². The first-order valence-electron chi connectivity index (χ1n) is 1.89. The van der Waals surface area contributed by atoms with Gasteiger partial charge in [0.2, 0.25) is 0 Å². The number of rotatable bonds is 1. The van der Waals surface area contributed by atoms with E-state index in [-0.39, 0.29) is 0 Å². The van der Waals surface area contributed by atoms with Crippen molar-refractivity contribution in [3.8, 4) is 0 Å². The van der Waals surface area contributed by atoms with Gasteiger partial charge in [-0.05, 0) is 13.0 Å². The van der Waals surface area contributed by atoms with E-state index in [0.29, 0.717) is 0 Å². The molecule has 3 nitrogen and oxygen atoms in total. The highest BCUT2D eigenvalue weighted by atomic mass is 19.1. The summed E-state index contributed by atoms with van der Waals surface area (Å²) >= 11 is 0. The molecule has 0 aromatic rings. The maximum absolute atomic E-state index is 11.6. The zero-order chi connectivity index (χ0) is 6.57. The molecule has 0 aliphatic carbocycles. The Morgan fingerprint density at radius 1 is 1.88 bits per heavy atom. The van der Waals surface area contributed by atoms with Crippen molar-refractivity contribution >= 4 is 6.16 Å². The zero-order valence-electron chi connectivity index (χ0n) is 4.22. The molecular weight excluding hydrogens is 115 g/mol. The molecule has 0 atom stereocenters. The molecule has 0 unspecified atom stereocenters. The Bertz CT molecular complexity index is 118. The second-order valence-electron chi connectivity index (χ2n) is 0.961. The summed E-state index contributed by atoms with van der Waals surface area (Å²) in [6, 6.07) is -1.10. The standard InChI is InChI=1S/C4H5FO3/c1-2-3(5)8-4(6)7/h2H,1H3,(H,6,7). The SMILES string of the molecule is CC=C(F)OC(=O)O. The van der Waals surface area contributed by atoms with Crippen LogP contribution in [0.5, 0.6) is 0 Å². The molecule has 0 bridgehead atoms. The van der Waals surface area contributed by atoms with Gasteiger partial charge >= 0.3 is 6.16 Å². The van der Waals surface area contributed by atoms with Gasteiger partial charge in [-0.1, -0.05) is 0 Å². The lowest BCUT2D eigenvalue weighted by atomic mass is 10.7. The monoisotopic (exact) mass is 120 g/mol. The van der Waals surface area contributed by atoms with Gasteiger partial charge in [-0.3, -0.25) is 0 Å². The number of allylic oxidation sites excluding steroid dienone is 1. The van der Waals surface area contributed by atoms with Crippen LogP contribution in [0.3, 0.4) is 0 Å². The number of halogens is 1. The summed E-state index contributed by atoms with van der Waals surface area (Å²) in [6.45, 7) is 1.33. The van der Waals surface area contributed by atoms with Crippen LogP contribution in [-0.2, 0) is 4.74 Å². The van der Waals surface area contributed by atoms with Crippen LogP contribution in [0, 0.1) is 0 Å². The maximum Gasteiger partial charge on any atom is 0.513 e. The van der Waals surface area contributed by atoms with Crippen LogP contribution in [0.2, 0.25) is 0 Å². The minimum Gasteiger partial charge on any atom is -0.449 e. The highest BCUT2D eigenvalue weighted by Gasteiger charge is 1.98. The molecule has 0 rings (SSSR count). The average molecular weight is 120 g/mol. The summed E-state index contributed by atoms with van der Waals surface area (Å²) in [4.78, 5) is 9.47. The lowest BCUT2D eigenvalue weighted by Gasteiger charge is -1.89. The summed E-state index contributed by atoms with van der Waals surface area (Å²) in [5.74, 6) is 0. The molecule has 1 N–H and O–H groups in total. The summed E-state index contributed by atoms with van der Waals surface area (Å²) in [7, 11) is 0. The third-order valence-electron chi connectivity index (χ3n) is 0.412. The predicted octanol–water partition coefficient (Wildman–Crippen LogP) is 1.51. The lowest BCUT2D eigenvalue weighted by Crippen LogP contribution is -1.95. The highest BCUT2D eigenvalue weighted by Crippen LogP contribution is 1.96. The van der Waals surface area contributed by atoms with E-state index in [4.69, 9.17) is 5.11 Å². The normalized spacial score (nSPS) is 11.0. The Kier molecular flexibility index (Phi) is 2.61. The second-order valence-corrected chi connectivity index (χ2v) is 0.961. The van der Waals surface area contributed by atoms with Gasteiger partial charge in [0.15, 0.2) is 0 Å². The fourth-order valence-corrected chi connectivity index (χ4v) is 0.142. The number of carbonyl (C=O) groups is 1. The number of hydrogen-bond acceptors (Lipinski definition) is 2. The second kappa shape index (κ2) is 3.01. The molecule has 0 saturated carbocycles. The summed E-state index contributed by atoms with van der Waals surface area (Å²) < 4.78 is 15.2. The quantitative estimate of drug-likeness (QED) is 0.421. The van der Waals surface area contributed by atoms with Crippen molar-refractivity contribution in [1.82, 2.24) is 0 Å². The van der Waals surface area contributed by atoms with Gasteiger partial charge in [-0.25, -0.2) is 4.79 Å². The van der Waals surface area contributed by atoms with E-state index in [2.05, 4.69) is 4.74 Å². The molecule has 4 heteroatoms. The maximum atomic E-state index is 11.6. The van der Waals surface area contributed by atoms with E-state index >= 15 is 0 Å². The van der Waals surface area contributed by atoms with Crippen molar-refractivity contribution in [2.45, 2.75) is 6.92 Å². The molecule has 0 heterocycles. The Hall–Kier alpha value is -1.06. The van der Waals surface area contributed by atoms with Gasteiger partial charge in [-0.2, -0.15) is 4.39 Å².